The summed E-state index contributed by atoms with van der Waals surface area (Å²) in [5.74, 6) is -0.484. The van der Waals surface area contributed by atoms with Gasteiger partial charge in [-0.15, -0.1) is 0 Å². The minimum atomic E-state index is -0.484. The summed E-state index contributed by atoms with van der Waals surface area (Å²) in [7, 11) is 0. The smallest absolute Gasteiger partial charge is 0.243 e. The normalized spacial score (nSPS) is 12.3. The Kier molecular flexibility index (Phi) is 5.53. The molecule has 0 heterocycles. The highest BCUT2D eigenvalue weighted by atomic mass is 16.7. The van der Waals surface area contributed by atoms with E-state index in [1.165, 1.54) is 0 Å². The Hall–Kier alpha value is -1.39. The van der Waals surface area contributed by atoms with Gasteiger partial charge in [0, 0.05) is 0 Å². The highest BCUT2D eigenvalue weighted by Gasteiger charge is 2.08. The molecule has 88 valence electrons. The lowest BCUT2D eigenvalue weighted by Gasteiger charge is -2.15. The van der Waals surface area contributed by atoms with Gasteiger partial charge in [-0.2, -0.15) is 0 Å². The van der Waals surface area contributed by atoms with Crippen molar-refractivity contribution in [3.05, 3.63) is 35.9 Å². The summed E-state index contributed by atoms with van der Waals surface area (Å²) in [6.45, 7) is 2.29. The number of rotatable bonds is 7. The Balaban J connectivity index is 2.31. The average Bonchev–Trinajstić information content (AvgIpc) is 2.30. The molecule has 1 aromatic carbocycles. The molecule has 16 heavy (non-hydrogen) atoms. The molecular weight excluding hydrogens is 206 g/mol. The molecule has 2 N–H and O–H groups in total. The minimum absolute atomic E-state index is 0.104. The fourth-order valence-corrected chi connectivity index (χ4v) is 1.22. The predicted octanol–water partition coefficient (Wildman–Crippen LogP) is 1.44. The highest BCUT2D eigenvalue weighted by Crippen LogP contribution is 2.06. The first kappa shape index (κ1) is 12.7. The summed E-state index contributed by atoms with van der Waals surface area (Å²) in [6, 6.07) is 9.79. The largest absolute Gasteiger partial charge is 0.368 e. The van der Waals surface area contributed by atoms with Crippen LogP contribution in [0.5, 0.6) is 0 Å². The third-order valence-electron chi connectivity index (χ3n) is 2.02. The number of benzene rings is 1. The van der Waals surface area contributed by atoms with E-state index in [9.17, 15) is 4.79 Å². The van der Waals surface area contributed by atoms with Crippen molar-refractivity contribution in [2.24, 2.45) is 5.73 Å². The van der Waals surface area contributed by atoms with Crippen molar-refractivity contribution >= 4 is 5.91 Å². The molecule has 0 saturated heterocycles. The zero-order chi connectivity index (χ0) is 11.8. The van der Waals surface area contributed by atoms with Gasteiger partial charge in [-0.1, -0.05) is 37.3 Å². The molecule has 1 unspecified atom stereocenters. The lowest BCUT2D eigenvalue weighted by Crippen LogP contribution is -2.24. The maximum absolute atomic E-state index is 10.5. The molecule has 0 saturated carbocycles. The number of nitrogens with two attached hydrogens (primary N) is 1. The molecule has 0 aromatic heterocycles. The van der Waals surface area contributed by atoms with Crippen LogP contribution in [0.1, 0.15) is 18.9 Å². The van der Waals surface area contributed by atoms with Gasteiger partial charge in [0.05, 0.1) is 6.61 Å². The van der Waals surface area contributed by atoms with Crippen LogP contribution in [0.25, 0.3) is 0 Å². The third-order valence-corrected chi connectivity index (χ3v) is 2.02. The van der Waals surface area contributed by atoms with Gasteiger partial charge in [0.2, 0.25) is 5.91 Å². The Morgan fingerprint density at radius 3 is 2.56 bits per heavy atom. The van der Waals surface area contributed by atoms with Crippen molar-refractivity contribution in [3.8, 4) is 0 Å². The number of hydrogen-bond donors (Lipinski definition) is 1. The van der Waals surface area contributed by atoms with Crippen LogP contribution in [0.2, 0.25) is 0 Å². The van der Waals surface area contributed by atoms with Gasteiger partial charge in [-0.25, -0.2) is 0 Å². The third kappa shape index (κ3) is 4.91. The molecule has 1 amide bonds. The van der Waals surface area contributed by atoms with Crippen LogP contribution in [0.3, 0.4) is 0 Å². The molecule has 0 fully saturated rings. The standard InChI is InChI=1S/C12H17NO3/c1-2-12(16-9-11(13)14)15-8-10-6-4-3-5-7-10/h3-7,12H,2,8-9H2,1H3,(H2,13,14). The van der Waals surface area contributed by atoms with Crippen LogP contribution >= 0.6 is 0 Å². The van der Waals surface area contributed by atoms with E-state index < -0.39 is 5.91 Å². The molecule has 4 nitrogen and oxygen atoms in total. The Morgan fingerprint density at radius 1 is 1.31 bits per heavy atom. The van der Waals surface area contributed by atoms with Gasteiger partial charge in [0.25, 0.3) is 0 Å². The first-order valence-electron chi connectivity index (χ1n) is 5.27. The van der Waals surface area contributed by atoms with E-state index in [2.05, 4.69) is 0 Å². The highest BCUT2D eigenvalue weighted by molar-refractivity contribution is 5.74. The van der Waals surface area contributed by atoms with Crippen LogP contribution in [0.15, 0.2) is 30.3 Å². The first-order chi connectivity index (χ1) is 7.72. The number of carbonyl (C=O) groups excluding carboxylic acids is 1. The Morgan fingerprint density at radius 2 is 2.00 bits per heavy atom. The lowest BCUT2D eigenvalue weighted by molar-refractivity contribution is -0.160. The van der Waals surface area contributed by atoms with Crippen LogP contribution in [-0.4, -0.2) is 18.8 Å². The number of ether oxygens (including phenoxy) is 2. The van der Waals surface area contributed by atoms with E-state index in [1.807, 2.05) is 37.3 Å². The first-order valence-corrected chi connectivity index (χ1v) is 5.27. The van der Waals surface area contributed by atoms with Gasteiger partial charge in [0.15, 0.2) is 6.29 Å². The van der Waals surface area contributed by atoms with Crippen molar-refractivity contribution in [2.75, 3.05) is 6.61 Å². The van der Waals surface area contributed by atoms with Crippen LogP contribution in [-0.2, 0) is 20.9 Å². The van der Waals surface area contributed by atoms with Crippen LogP contribution in [0.4, 0.5) is 0 Å². The van der Waals surface area contributed by atoms with Crippen molar-refractivity contribution in [1.29, 1.82) is 0 Å². The Bertz CT molecular complexity index is 313. The van der Waals surface area contributed by atoms with Crippen LogP contribution < -0.4 is 5.73 Å². The van der Waals surface area contributed by atoms with Crippen molar-refractivity contribution in [2.45, 2.75) is 26.2 Å². The van der Waals surface area contributed by atoms with E-state index >= 15 is 0 Å². The maximum atomic E-state index is 10.5. The van der Waals surface area contributed by atoms with Crippen molar-refractivity contribution in [3.63, 3.8) is 0 Å². The van der Waals surface area contributed by atoms with Crippen molar-refractivity contribution < 1.29 is 14.3 Å². The maximum Gasteiger partial charge on any atom is 0.243 e. The zero-order valence-corrected chi connectivity index (χ0v) is 9.39. The lowest BCUT2D eigenvalue weighted by atomic mass is 10.2. The van der Waals surface area contributed by atoms with Gasteiger partial charge in [-0.3, -0.25) is 4.79 Å². The molecule has 0 aliphatic rings. The summed E-state index contributed by atoms with van der Waals surface area (Å²) >= 11 is 0. The average molecular weight is 223 g/mol. The fourth-order valence-electron chi connectivity index (χ4n) is 1.22. The van der Waals surface area contributed by atoms with E-state index in [1.54, 1.807) is 0 Å². The number of hydrogen-bond acceptors (Lipinski definition) is 3. The summed E-state index contributed by atoms with van der Waals surface area (Å²) in [5, 5.41) is 0. The van der Waals surface area contributed by atoms with E-state index in [-0.39, 0.29) is 12.9 Å². The van der Waals surface area contributed by atoms with Gasteiger partial charge < -0.3 is 15.2 Å². The quantitative estimate of drug-likeness (QED) is 0.711. The number of primary amides is 1. The molecule has 4 heteroatoms. The molecule has 1 aromatic rings. The van der Waals surface area contributed by atoms with E-state index in [0.29, 0.717) is 13.0 Å². The zero-order valence-electron chi connectivity index (χ0n) is 9.39. The molecule has 0 spiro atoms. The summed E-state index contributed by atoms with van der Waals surface area (Å²) in [4.78, 5) is 10.5. The van der Waals surface area contributed by atoms with Gasteiger partial charge >= 0.3 is 0 Å². The molecule has 0 aliphatic heterocycles. The summed E-state index contributed by atoms with van der Waals surface area (Å²) < 4.78 is 10.7. The topological polar surface area (TPSA) is 61.5 Å². The second-order valence-electron chi connectivity index (χ2n) is 3.41. The molecule has 0 bridgehead atoms. The summed E-state index contributed by atoms with van der Waals surface area (Å²) in [6.07, 6.45) is 0.299. The second-order valence-corrected chi connectivity index (χ2v) is 3.41. The molecular formula is C12H17NO3. The molecule has 1 rings (SSSR count). The number of amides is 1. The minimum Gasteiger partial charge on any atom is -0.368 e. The SMILES string of the molecule is CCC(OCC(N)=O)OCc1ccccc1. The van der Waals surface area contributed by atoms with Crippen molar-refractivity contribution in [1.82, 2.24) is 0 Å². The molecule has 0 aliphatic carbocycles. The van der Waals surface area contributed by atoms with E-state index in [4.69, 9.17) is 15.2 Å². The monoisotopic (exact) mass is 223 g/mol. The van der Waals surface area contributed by atoms with Crippen LogP contribution in [0, 0.1) is 0 Å². The Labute approximate surface area is 95.3 Å². The second kappa shape index (κ2) is 6.98. The van der Waals surface area contributed by atoms with E-state index in [0.717, 1.165) is 5.56 Å². The predicted molar refractivity (Wildman–Crippen MR) is 60.5 cm³/mol. The number of carbonyl (C=O) groups is 1. The molecule has 0 radical (unpaired) electrons. The van der Waals surface area contributed by atoms with Gasteiger partial charge in [0.1, 0.15) is 6.61 Å². The van der Waals surface area contributed by atoms with Gasteiger partial charge in [-0.05, 0) is 12.0 Å². The molecule has 1 atom stereocenters. The summed E-state index contributed by atoms with van der Waals surface area (Å²) in [5.41, 5.74) is 6.06. The fraction of sp³-hybridized carbons (Fsp3) is 0.417.